The summed E-state index contributed by atoms with van der Waals surface area (Å²) in [5, 5.41) is 9.87. The Hall–Kier alpha value is -2.68. The van der Waals surface area contributed by atoms with E-state index in [1.54, 1.807) is 18.2 Å². The number of hydrogen-bond donors (Lipinski definition) is 1. The van der Waals surface area contributed by atoms with Gasteiger partial charge in [-0.05, 0) is 42.5 Å². The minimum Gasteiger partial charge on any atom is -0.403 e. The number of anilines is 1. The molecule has 0 aliphatic heterocycles. The lowest BCUT2D eigenvalue weighted by molar-refractivity contribution is -0.137. The van der Waals surface area contributed by atoms with Crippen LogP contribution in [0.4, 0.5) is 19.2 Å². The lowest BCUT2D eigenvalue weighted by Crippen LogP contribution is -2.13. The Morgan fingerprint density at radius 2 is 1.80 bits per heavy atom. The SMILES string of the molecule is O=C(Nc1nnc(-c2cccc(Br)c2)o1)c1ccc(C(F)(F)F)cc1. The molecule has 0 atom stereocenters. The number of carbonyl (C=O) groups excluding carboxylic acids is 1. The van der Waals surface area contributed by atoms with Gasteiger partial charge in [-0.3, -0.25) is 10.1 Å². The Labute approximate surface area is 148 Å². The van der Waals surface area contributed by atoms with Crippen molar-refractivity contribution in [1.82, 2.24) is 10.2 Å². The molecule has 0 aliphatic carbocycles. The molecule has 25 heavy (non-hydrogen) atoms. The zero-order valence-corrected chi connectivity index (χ0v) is 13.9. The summed E-state index contributed by atoms with van der Waals surface area (Å²) in [6, 6.07) is 10.8. The average Bonchev–Trinajstić information content (AvgIpc) is 3.03. The molecule has 0 saturated heterocycles. The third kappa shape index (κ3) is 4.05. The zero-order valence-electron chi connectivity index (χ0n) is 12.3. The number of nitrogens with one attached hydrogen (secondary N) is 1. The summed E-state index contributed by atoms with van der Waals surface area (Å²) in [5.41, 5.74) is -0.147. The van der Waals surface area contributed by atoms with Crippen molar-refractivity contribution in [3.63, 3.8) is 0 Å². The van der Waals surface area contributed by atoms with Crippen molar-refractivity contribution in [2.45, 2.75) is 6.18 Å². The molecule has 0 bridgehead atoms. The second kappa shape index (κ2) is 6.67. The summed E-state index contributed by atoms with van der Waals surface area (Å²) in [5.74, 6) is -0.456. The molecule has 0 aliphatic rings. The Morgan fingerprint density at radius 3 is 2.44 bits per heavy atom. The molecular formula is C16H9BrF3N3O2. The van der Waals surface area contributed by atoms with Crippen LogP contribution in [0, 0.1) is 0 Å². The van der Waals surface area contributed by atoms with E-state index in [0.717, 1.165) is 28.7 Å². The topological polar surface area (TPSA) is 68.0 Å². The largest absolute Gasteiger partial charge is 0.416 e. The first-order chi connectivity index (χ1) is 11.8. The molecule has 5 nitrogen and oxygen atoms in total. The van der Waals surface area contributed by atoms with Gasteiger partial charge in [0.15, 0.2) is 0 Å². The number of aromatic nitrogens is 2. The van der Waals surface area contributed by atoms with E-state index >= 15 is 0 Å². The van der Waals surface area contributed by atoms with Crippen molar-refractivity contribution in [2.75, 3.05) is 5.32 Å². The van der Waals surface area contributed by atoms with Crippen LogP contribution in [0.5, 0.6) is 0 Å². The highest BCUT2D eigenvalue weighted by molar-refractivity contribution is 9.10. The van der Waals surface area contributed by atoms with E-state index < -0.39 is 17.6 Å². The molecule has 3 rings (SSSR count). The molecule has 1 N–H and O–H groups in total. The minimum atomic E-state index is -4.46. The van der Waals surface area contributed by atoms with E-state index in [2.05, 4.69) is 31.4 Å². The van der Waals surface area contributed by atoms with E-state index in [1.807, 2.05) is 6.07 Å². The lowest BCUT2D eigenvalue weighted by atomic mass is 10.1. The highest BCUT2D eigenvalue weighted by atomic mass is 79.9. The fourth-order valence-corrected chi connectivity index (χ4v) is 2.39. The average molecular weight is 412 g/mol. The van der Waals surface area contributed by atoms with Gasteiger partial charge in [-0.25, -0.2) is 0 Å². The van der Waals surface area contributed by atoms with E-state index in [-0.39, 0.29) is 17.5 Å². The van der Waals surface area contributed by atoms with Crippen LogP contribution in [-0.4, -0.2) is 16.1 Å². The second-order valence-electron chi connectivity index (χ2n) is 4.95. The van der Waals surface area contributed by atoms with Crippen LogP contribution in [0.2, 0.25) is 0 Å². The molecule has 0 fully saturated rings. The van der Waals surface area contributed by atoms with Gasteiger partial charge in [0, 0.05) is 15.6 Å². The fraction of sp³-hybridized carbons (Fsp3) is 0.0625. The molecular weight excluding hydrogens is 403 g/mol. The van der Waals surface area contributed by atoms with E-state index in [9.17, 15) is 18.0 Å². The molecule has 1 amide bonds. The van der Waals surface area contributed by atoms with Crippen LogP contribution in [-0.2, 0) is 6.18 Å². The number of amides is 1. The molecule has 0 spiro atoms. The molecule has 128 valence electrons. The van der Waals surface area contributed by atoms with Crippen LogP contribution in [0.25, 0.3) is 11.5 Å². The number of halogens is 4. The summed E-state index contributed by atoms with van der Waals surface area (Å²) in [6.07, 6.45) is -4.46. The van der Waals surface area contributed by atoms with Crippen molar-refractivity contribution < 1.29 is 22.4 Å². The van der Waals surface area contributed by atoms with Crippen LogP contribution < -0.4 is 5.32 Å². The first kappa shape index (κ1) is 17.2. The number of nitrogens with zero attached hydrogens (tertiary/aromatic N) is 2. The standard InChI is InChI=1S/C16H9BrF3N3O2/c17-12-3-1-2-10(8-12)14-22-23-15(25-14)21-13(24)9-4-6-11(7-5-9)16(18,19)20/h1-8H,(H,21,23,24). The monoisotopic (exact) mass is 411 g/mol. The van der Waals surface area contributed by atoms with Gasteiger partial charge in [-0.15, -0.1) is 5.10 Å². The number of alkyl halides is 3. The Bertz CT molecular complexity index is 907. The third-order valence-corrected chi connectivity index (χ3v) is 3.68. The van der Waals surface area contributed by atoms with Crippen molar-refractivity contribution in [3.05, 3.63) is 64.1 Å². The van der Waals surface area contributed by atoms with Crippen molar-refractivity contribution in [1.29, 1.82) is 0 Å². The van der Waals surface area contributed by atoms with Gasteiger partial charge in [0.1, 0.15) is 0 Å². The Morgan fingerprint density at radius 1 is 1.08 bits per heavy atom. The van der Waals surface area contributed by atoms with Crippen molar-refractivity contribution in [3.8, 4) is 11.5 Å². The van der Waals surface area contributed by atoms with Crippen molar-refractivity contribution >= 4 is 27.9 Å². The number of hydrogen-bond acceptors (Lipinski definition) is 4. The quantitative estimate of drug-likeness (QED) is 0.673. The number of carbonyl (C=O) groups is 1. The van der Waals surface area contributed by atoms with Gasteiger partial charge in [0.05, 0.1) is 5.56 Å². The lowest BCUT2D eigenvalue weighted by Gasteiger charge is -2.07. The molecule has 9 heteroatoms. The van der Waals surface area contributed by atoms with Crippen LogP contribution in [0.1, 0.15) is 15.9 Å². The Balaban J connectivity index is 1.73. The van der Waals surface area contributed by atoms with Gasteiger partial charge >= 0.3 is 12.2 Å². The van der Waals surface area contributed by atoms with Crippen LogP contribution in [0.3, 0.4) is 0 Å². The summed E-state index contributed by atoms with van der Waals surface area (Å²) in [7, 11) is 0. The Kier molecular flexibility index (Phi) is 4.58. The molecule has 2 aromatic carbocycles. The maximum atomic E-state index is 12.5. The summed E-state index contributed by atoms with van der Waals surface area (Å²) >= 11 is 3.32. The van der Waals surface area contributed by atoms with E-state index in [0.29, 0.717) is 5.56 Å². The normalized spacial score (nSPS) is 11.4. The maximum Gasteiger partial charge on any atom is 0.416 e. The predicted molar refractivity (Wildman–Crippen MR) is 86.8 cm³/mol. The minimum absolute atomic E-state index is 0.0372. The molecule has 3 aromatic rings. The van der Waals surface area contributed by atoms with E-state index in [1.165, 1.54) is 0 Å². The summed E-state index contributed by atoms with van der Waals surface area (Å²) in [4.78, 5) is 12.0. The van der Waals surface area contributed by atoms with Crippen LogP contribution in [0.15, 0.2) is 57.4 Å². The summed E-state index contributed by atoms with van der Waals surface area (Å²) < 4.78 is 43.7. The highest BCUT2D eigenvalue weighted by Crippen LogP contribution is 2.29. The van der Waals surface area contributed by atoms with Crippen molar-refractivity contribution in [2.24, 2.45) is 0 Å². The van der Waals surface area contributed by atoms with E-state index in [4.69, 9.17) is 4.42 Å². The molecule has 0 saturated carbocycles. The number of rotatable bonds is 3. The van der Waals surface area contributed by atoms with Gasteiger partial charge in [0.25, 0.3) is 5.91 Å². The third-order valence-electron chi connectivity index (χ3n) is 3.19. The molecule has 1 aromatic heterocycles. The zero-order chi connectivity index (χ0) is 18.0. The number of benzene rings is 2. The summed E-state index contributed by atoms with van der Waals surface area (Å²) in [6.45, 7) is 0. The second-order valence-corrected chi connectivity index (χ2v) is 5.87. The molecule has 0 unspecified atom stereocenters. The molecule has 1 heterocycles. The predicted octanol–water partition coefficient (Wildman–Crippen LogP) is 4.77. The van der Waals surface area contributed by atoms with Gasteiger partial charge in [-0.2, -0.15) is 13.2 Å². The first-order valence-corrected chi connectivity index (χ1v) is 7.70. The fourth-order valence-electron chi connectivity index (χ4n) is 1.99. The maximum absolute atomic E-state index is 12.5. The van der Waals surface area contributed by atoms with Gasteiger partial charge < -0.3 is 4.42 Å². The molecule has 0 radical (unpaired) electrons. The first-order valence-electron chi connectivity index (χ1n) is 6.91. The highest BCUT2D eigenvalue weighted by Gasteiger charge is 2.30. The van der Waals surface area contributed by atoms with Gasteiger partial charge in [0.2, 0.25) is 5.89 Å². The smallest absolute Gasteiger partial charge is 0.403 e. The van der Waals surface area contributed by atoms with Gasteiger partial charge in [-0.1, -0.05) is 27.1 Å². The van der Waals surface area contributed by atoms with Crippen LogP contribution >= 0.6 is 15.9 Å².